The lowest BCUT2D eigenvalue weighted by molar-refractivity contribution is 0.913. The molecule has 1 heterocycles. The molecule has 1 unspecified atom stereocenters. The minimum absolute atomic E-state index is 0.315. The van der Waals surface area contributed by atoms with Crippen LogP contribution in [0.25, 0.3) is 0 Å². The second-order valence-corrected chi connectivity index (χ2v) is 4.26. The van der Waals surface area contributed by atoms with E-state index in [1.54, 1.807) is 12.4 Å². The Morgan fingerprint density at radius 3 is 2.59 bits per heavy atom. The third kappa shape index (κ3) is 1.94. The number of nitrogens with one attached hydrogen (secondary N) is 1. The Morgan fingerprint density at radius 2 is 2.00 bits per heavy atom. The van der Waals surface area contributed by atoms with Gasteiger partial charge in [0, 0.05) is 12.4 Å². The van der Waals surface area contributed by atoms with Crippen LogP contribution in [0, 0.1) is 32.1 Å². The van der Waals surface area contributed by atoms with Gasteiger partial charge in [-0.05, 0) is 43.0 Å². The molecule has 0 saturated carbocycles. The normalized spacial score (nSPS) is 12.1. The number of rotatable bonds is 2. The summed E-state index contributed by atoms with van der Waals surface area (Å²) in [6.45, 7) is 6.23. The van der Waals surface area contributed by atoms with Crippen molar-refractivity contribution < 1.29 is 0 Å². The van der Waals surface area contributed by atoms with Crippen LogP contribution < -0.4 is 0 Å². The van der Waals surface area contributed by atoms with Crippen LogP contribution in [0.5, 0.6) is 0 Å². The van der Waals surface area contributed by atoms with Crippen molar-refractivity contribution in [3.63, 3.8) is 0 Å². The quantitative estimate of drug-likeness (QED) is 0.854. The van der Waals surface area contributed by atoms with Crippen LogP contribution in [-0.4, -0.2) is 9.97 Å². The maximum absolute atomic E-state index is 9.33. The number of nitriles is 1. The van der Waals surface area contributed by atoms with Gasteiger partial charge in [0.25, 0.3) is 0 Å². The highest BCUT2D eigenvalue weighted by molar-refractivity contribution is 5.44. The Balaban J connectivity index is 2.54. The van der Waals surface area contributed by atoms with E-state index in [2.05, 4.69) is 42.9 Å². The van der Waals surface area contributed by atoms with Gasteiger partial charge in [-0.25, -0.2) is 4.98 Å². The zero-order valence-corrected chi connectivity index (χ0v) is 10.3. The number of benzene rings is 1. The van der Waals surface area contributed by atoms with E-state index in [-0.39, 0.29) is 5.92 Å². The van der Waals surface area contributed by atoms with E-state index in [9.17, 15) is 5.26 Å². The Bertz CT molecular complexity index is 562. The van der Waals surface area contributed by atoms with Crippen LogP contribution in [0.15, 0.2) is 24.5 Å². The molecule has 0 saturated heterocycles. The maximum atomic E-state index is 9.33. The number of H-pyrrole nitrogens is 1. The topological polar surface area (TPSA) is 52.5 Å². The van der Waals surface area contributed by atoms with E-state index in [0.29, 0.717) is 5.82 Å². The zero-order chi connectivity index (χ0) is 12.4. The van der Waals surface area contributed by atoms with E-state index >= 15 is 0 Å². The molecule has 1 atom stereocenters. The van der Waals surface area contributed by atoms with Gasteiger partial charge in [-0.3, -0.25) is 0 Å². The maximum Gasteiger partial charge on any atom is 0.129 e. The molecule has 17 heavy (non-hydrogen) atoms. The lowest BCUT2D eigenvalue weighted by atomic mass is 9.90. The molecule has 86 valence electrons. The number of hydrogen-bond acceptors (Lipinski definition) is 2. The Kier molecular flexibility index (Phi) is 2.97. The highest BCUT2D eigenvalue weighted by Crippen LogP contribution is 2.27. The second kappa shape index (κ2) is 4.42. The molecule has 0 spiro atoms. The molecule has 0 aliphatic carbocycles. The predicted octanol–water partition coefficient (Wildman–Crippen LogP) is 2.99. The molecule has 1 aromatic carbocycles. The van der Waals surface area contributed by atoms with Gasteiger partial charge in [-0.1, -0.05) is 12.1 Å². The summed E-state index contributed by atoms with van der Waals surface area (Å²) in [6, 6.07) is 6.40. The molecule has 0 fully saturated rings. The number of aryl methyl sites for hydroxylation is 1. The molecular weight excluding hydrogens is 210 g/mol. The predicted molar refractivity (Wildman–Crippen MR) is 66.7 cm³/mol. The van der Waals surface area contributed by atoms with Crippen LogP contribution in [0.4, 0.5) is 0 Å². The standard InChI is InChI=1S/C14H15N3/c1-9-4-5-12(11(3)10(9)2)13(8-15)14-16-6-7-17-14/h4-7,13H,1-3H3,(H,16,17). The van der Waals surface area contributed by atoms with Gasteiger partial charge in [0.15, 0.2) is 0 Å². The molecule has 0 amide bonds. The van der Waals surface area contributed by atoms with E-state index in [1.807, 2.05) is 6.07 Å². The Hall–Kier alpha value is -2.08. The first-order valence-corrected chi connectivity index (χ1v) is 5.60. The van der Waals surface area contributed by atoms with Gasteiger partial charge in [0.2, 0.25) is 0 Å². The van der Waals surface area contributed by atoms with E-state index in [4.69, 9.17) is 0 Å². The molecule has 0 radical (unpaired) electrons. The summed E-state index contributed by atoms with van der Waals surface area (Å²) in [5, 5.41) is 9.33. The number of nitrogens with zero attached hydrogens (tertiary/aromatic N) is 2. The highest BCUT2D eigenvalue weighted by atomic mass is 14.9. The van der Waals surface area contributed by atoms with Crippen LogP contribution >= 0.6 is 0 Å². The van der Waals surface area contributed by atoms with Crippen LogP contribution in [0.3, 0.4) is 0 Å². The summed E-state index contributed by atoms with van der Waals surface area (Å²) >= 11 is 0. The van der Waals surface area contributed by atoms with E-state index < -0.39 is 0 Å². The SMILES string of the molecule is Cc1ccc(C(C#N)c2ncc[nH]2)c(C)c1C. The van der Waals surface area contributed by atoms with Crippen molar-refractivity contribution >= 4 is 0 Å². The number of aromatic amines is 1. The zero-order valence-electron chi connectivity index (χ0n) is 10.3. The molecule has 3 heteroatoms. The fourth-order valence-corrected chi connectivity index (χ4v) is 2.00. The molecule has 0 aliphatic rings. The smallest absolute Gasteiger partial charge is 0.129 e. The molecule has 2 aromatic rings. The molecule has 0 bridgehead atoms. The summed E-state index contributed by atoms with van der Waals surface area (Å²) in [4.78, 5) is 7.19. The van der Waals surface area contributed by atoms with E-state index in [1.165, 1.54) is 16.7 Å². The van der Waals surface area contributed by atoms with Crippen LogP contribution in [-0.2, 0) is 0 Å². The molecule has 1 aromatic heterocycles. The molecule has 1 N–H and O–H groups in total. The van der Waals surface area contributed by atoms with Crippen molar-refractivity contribution in [2.75, 3.05) is 0 Å². The fourth-order valence-electron chi connectivity index (χ4n) is 2.00. The first kappa shape index (κ1) is 11.4. The van der Waals surface area contributed by atoms with Gasteiger partial charge < -0.3 is 4.98 Å². The number of imidazole rings is 1. The average molecular weight is 225 g/mol. The minimum Gasteiger partial charge on any atom is -0.347 e. The first-order valence-electron chi connectivity index (χ1n) is 5.60. The number of hydrogen-bond donors (Lipinski definition) is 1. The van der Waals surface area contributed by atoms with Gasteiger partial charge in [0.1, 0.15) is 11.7 Å². The van der Waals surface area contributed by atoms with Gasteiger partial charge in [-0.2, -0.15) is 5.26 Å². The number of aromatic nitrogens is 2. The minimum atomic E-state index is -0.315. The molecule has 3 nitrogen and oxygen atoms in total. The van der Waals surface area contributed by atoms with Gasteiger partial charge in [-0.15, -0.1) is 0 Å². The molecular formula is C14H15N3. The van der Waals surface area contributed by atoms with Crippen LogP contribution in [0.2, 0.25) is 0 Å². The van der Waals surface area contributed by atoms with Crippen molar-refractivity contribution in [1.82, 2.24) is 9.97 Å². The third-order valence-electron chi connectivity index (χ3n) is 3.33. The summed E-state index contributed by atoms with van der Waals surface area (Å²) in [6.07, 6.45) is 3.42. The van der Waals surface area contributed by atoms with Crippen molar-refractivity contribution in [1.29, 1.82) is 5.26 Å². The largest absolute Gasteiger partial charge is 0.347 e. The van der Waals surface area contributed by atoms with Crippen LogP contribution in [0.1, 0.15) is 34.0 Å². The van der Waals surface area contributed by atoms with Crippen molar-refractivity contribution in [3.05, 3.63) is 52.6 Å². The van der Waals surface area contributed by atoms with Gasteiger partial charge >= 0.3 is 0 Å². The summed E-state index contributed by atoms with van der Waals surface area (Å²) in [5.74, 6) is 0.392. The average Bonchev–Trinajstić information content (AvgIpc) is 2.84. The Labute approximate surface area is 101 Å². The fraction of sp³-hybridized carbons (Fsp3) is 0.286. The van der Waals surface area contributed by atoms with Crippen molar-refractivity contribution in [2.45, 2.75) is 26.7 Å². The highest BCUT2D eigenvalue weighted by Gasteiger charge is 2.18. The summed E-state index contributed by atoms with van der Waals surface area (Å²) < 4.78 is 0. The first-order chi connectivity index (χ1) is 8.15. The van der Waals surface area contributed by atoms with Crippen molar-refractivity contribution in [3.8, 4) is 6.07 Å². The molecule has 0 aliphatic heterocycles. The van der Waals surface area contributed by atoms with Crippen molar-refractivity contribution in [2.24, 2.45) is 0 Å². The lowest BCUT2D eigenvalue weighted by Gasteiger charge is -2.14. The Morgan fingerprint density at radius 1 is 1.24 bits per heavy atom. The summed E-state index contributed by atoms with van der Waals surface area (Å²) in [5.41, 5.74) is 4.70. The monoisotopic (exact) mass is 225 g/mol. The van der Waals surface area contributed by atoms with E-state index in [0.717, 1.165) is 5.56 Å². The lowest BCUT2D eigenvalue weighted by Crippen LogP contribution is -2.04. The van der Waals surface area contributed by atoms with Gasteiger partial charge in [0.05, 0.1) is 6.07 Å². The third-order valence-corrected chi connectivity index (χ3v) is 3.33. The summed E-state index contributed by atoms with van der Waals surface area (Å²) in [7, 11) is 0. The second-order valence-electron chi connectivity index (χ2n) is 4.26. The molecule has 2 rings (SSSR count).